The Balaban J connectivity index is 1.66. The van der Waals surface area contributed by atoms with E-state index in [1.54, 1.807) is 0 Å². The zero-order valence-corrected chi connectivity index (χ0v) is 15.8. The number of fused-ring (bicyclic) bond motifs is 1. The fourth-order valence-electron chi connectivity index (χ4n) is 5.20. The molecule has 0 radical (unpaired) electrons. The van der Waals surface area contributed by atoms with Gasteiger partial charge in [0.05, 0.1) is 0 Å². The van der Waals surface area contributed by atoms with E-state index in [4.69, 9.17) is 0 Å². The molecule has 1 aliphatic heterocycles. The summed E-state index contributed by atoms with van der Waals surface area (Å²) in [4.78, 5) is 28.7. The van der Waals surface area contributed by atoms with Gasteiger partial charge in [0, 0.05) is 24.1 Å². The highest BCUT2D eigenvalue weighted by Gasteiger charge is 2.50. The molecule has 1 aromatic rings. The van der Waals surface area contributed by atoms with Gasteiger partial charge >= 0.3 is 0 Å². The van der Waals surface area contributed by atoms with E-state index in [0.717, 1.165) is 49.7 Å². The lowest BCUT2D eigenvalue weighted by Crippen LogP contribution is -2.66. The summed E-state index contributed by atoms with van der Waals surface area (Å²) in [5, 5.41) is 3.30. The van der Waals surface area contributed by atoms with E-state index >= 15 is 0 Å². The first-order valence-corrected chi connectivity index (χ1v) is 10.3. The maximum atomic E-state index is 13.4. The van der Waals surface area contributed by atoms with Crippen LogP contribution in [0.15, 0.2) is 24.3 Å². The smallest absolute Gasteiger partial charge is 0.255 e. The Labute approximate surface area is 156 Å². The largest absolute Gasteiger partial charge is 0.351 e. The van der Waals surface area contributed by atoms with Crippen molar-refractivity contribution in [2.75, 3.05) is 0 Å². The van der Waals surface area contributed by atoms with Crippen molar-refractivity contribution >= 4 is 11.8 Å². The van der Waals surface area contributed by atoms with E-state index in [-0.39, 0.29) is 23.9 Å². The molecule has 1 N–H and O–H groups in total. The van der Waals surface area contributed by atoms with Gasteiger partial charge in [-0.1, -0.05) is 50.3 Å². The van der Waals surface area contributed by atoms with Gasteiger partial charge in [-0.25, -0.2) is 0 Å². The molecular weight excluding hydrogens is 324 g/mol. The van der Waals surface area contributed by atoms with Crippen molar-refractivity contribution in [3.05, 3.63) is 35.4 Å². The van der Waals surface area contributed by atoms with Crippen molar-refractivity contribution in [1.29, 1.82) is 0 Å². The minimum Gasteiger partial charge on any atom is -0.351 e. The van der Waals surface area contributed by atoms with Crippen LogP contribution >= 0.6 is 0 Å². The molecule has 3 aliphatic rings. The van der Waals surface area contributed by atoms with Crippen molar-refractivity contribution in [2.45, 2.75) is 88.8 Å². The highest BCUT2D eigenvalue weighted by Crippen LogP contribution is 2.37. The first kappa shape index (κ1) is 17.6. The van der Waals surface area contributed by atoms with Crippen LogP contribution in [0.2, 0.25) is 0 Å². The first-order valence-electron chi connectivity index (χ1n) is 10.3. The van der Waals surface area contributed by atoms with Crippen LogP contribution in [0.25, 0.3) is 0 Å². The van der Waals surface area contributed by atoms with Crippen LogP contribution in [0.1, 0.15) is 80.6 Å². The third-order valence-electron chi connectivity index (χ3n) is 6.65. The van der Waals surface area contributed by atoms with Gasteiger partial charge in [-0.15, -0.1) is 0 Å². The Kier molecular flexibility index (Phi) is 4.76. The Morgan fingerprint density at radius 1 is 1.04 bits per heavy atom. The molecule has 2 aliphatic carbocycles. The van der Waals surface area contributed by atoms with Gasteiger partial charge in [-0.2, -0.15) is 0 Å². The fraction of sp³-hybridized carbons (Fsp3) is 0.636. The Hall–Kier alpha value is -1.84. The highest BCUT2D eigenvalue weighted by atomic mass is 16.2. The zero-order valence-electron chi connectivity index (χ0n) is 15.8. The van der Waals surface area contributed by atoms with Crippen LogP contribution in [-0.4, -0.2) is 34.3 Å². The average molecular weight is 354 g/mol. The molecular formula is C22H30N2O2. The lowest BCUT2D eigenvalue weighted by atomic mass is 9.81. The molecule has 0 aromatic heterocycles. The van der Waals surface area contributed by atoms with E-state index in [1.807, 2.05) is 36.1 Å². The van der Waals surface area contributed by atoms with Crippen molar-refractivity contribution in [2.24, 2.45) is 0 Å². The highest BCUT2D eigenvalue weighted by molar-refractivity contribution is 6.02. The lowest BCUT2D eigenvalue weighted by Gasteiger charge is -2.47. The van der Waals surface area contributed by atoms with E-state index in [1.165, 1.54) is 19.3 Å². The van der Waals surface area contributed by atoms with Crippen LogP contribution in [-0.2, 0) is 11.2 Å². The molecule has 4 nitrogen and oxygen atoms in total. The molecule has 1 atom stereocenters. The Bertz CT molecular complexity index is 689. The molecule has 1 unspecified atom stereocenters. The van der Waals surface area contributed by atoms with Gasteiger partial charge in [-0.3, -0.25) is 9.59 Å². The standard InChI is InChI=1S/C22H30N2O2/c1-22(21(26)23-17-10-3-2-4-11-17)15-16-9-5-8-14-19(16)20(25)24(22)18-12-6-7-13-18/h5,8-9,14,17-18H,2-4,6-7,10-13,15H2,1H3,(H,23,26). The van der Waals surface area contributed by atoms with E-state index in [0.29, 0.717) is 6.42 Å². The van der Waals surface area contributed by atoms with Crippen molar-refractivity contribution in [1.82, 2.24) is 10.2 Å². The second-order valence-corrected chi connectivity index (χ2v) is 8.53. The molecule has 26 heavy (non-hydrogen) atoms. The van der Waals surface area contributed by atoms with Gasteiger partial charge in [0.2, 0.25) is 5.91 Å². The van der Waals surface area contributed by atoms with Crippen LogP contribution in [0.5, 0.6) is 0 Å². The van der Waals surface area contributed by atoms with Gasteiger partial charge in [0.15, 0.2) is 0 Å². The van der Waals surface area contributed by atoms with E-state index in [2.05, 4.69) is 5.32 Å². The molecule has 0 saturated heterocycles. The summed E-state index contributed by atoms with van der Waals surface area (Å²) in [7, 11) is 0. The molecule has 4 heteroatoms. The third kappa shape index (κ3) is 3.04. The van der Waals surface area contributed by atoms with E-state index < -0.39 is 5.54 Å². The molecule has 2 saturated carbocycles. The fourth-order valence-corrected chi connectivity index (χ4v) is 5.20. The second-order valence-electron chi connectivity index (χ2n) is 8.53. The van der Waals surface area contributed by atoms with Crippen molar-refractivity contribution in [3.63, 3.8) is 0 Å². The van der Waals surface area contributed by atoms with Crippen LogP contribution in [0.3, 0.4) is 0 Å². The summed E-state index contributed by atoms with van der Waals surface area (Å²) in [6, 6.07) is 8.28. The average Bonchev–Trinajstić information content (AvgIpc) is 3.16. The van der Waals surface area contributed by atoms with Gasteiger partial charge in [0.1, 0.15) is 5.54 Å². The molecule has 0 spiro atoms. The van der Waals surface area contributed by atoms with Crippen LogP contribution in [0.4, 0.5) is 0 Å². The van der Waals surface area contributed by atoms with Crippen LogP contribution < -0.4 is 5.32 Å². The number of nitrogens with zero attached hydrogens (tertiary/aromatic N) is 1. The minimum atomic E-state index is -0.780. The number of amides is 2. The summed E-state index contributed by atoms with van der Waals surface area (Å²) in [5.41, 5.74) is 1.01. The molecule has 2 amide bonds. The van der Waals surface area contributed by atoms with Crippen molar-refractivity contribution < 1.29 is 9.59 Å². The van der Waals surface area contributed by atoms with Gasteiger partial charge < -0.3 is 10.2 Å². The van der Waals surface area contributed by atoms with Crippen molar-refractivity contribution in [3.8, 4) is 0 Å². The third-order valence-corrected chi connectivity index (χ3v) is 6.65. The molecule has 2 fully saturated rings. The summed E-state index contributed by atoms with van der Waals surface area (Å²) in [5.74, 6) is 0.0826. The lowest BCUT2D eigenvalue weighted by molar-refractivity contribution is -0.134. The predicted molar refractivity (Wildman–Crippen MR) is 102 cm³/mol. The monoisotopic (exact) mass is 354 g/mol. The molecule has 140 valence electrons. The summed E-state index contributed by atoms with van der Waals surface area (Å²) in [6.07, 6.45) is 10.7. The summed E-state index contributed by atoms with van der Waals surface area (Å²) in [6.45, 7) is 1.98. The quantitative estimate of drug-likeness (QED) is 0.897. The molecule has 1 aromatic carbocycles. The number of carbonyl (C=O) groups is 2. The second kappa shape index (κ2) is 7.05. The predicted octanol–water partition coefficient (Wildman–Crippen LogP) is 3.84. The minimum absolute atomic E-state index is 0.0409. The Morgan fingerprint density at radius 3 is 2.42 bits per heavy atom. The number of hydrogen-bond donors (Lipinski definition) is 1. The first-order chi connectivity index (χ1) is 12.6. The summed E-state index contributed by atoms with van der Waals surface area (Å²) >= 11 is 0. The topological polar surface area (TPSA) is 49.4 Å². The maximum Gasteiger partial charge on any atom is 0.255 e. The normalized spacial score (nSPS) is 27.4. The number of carbonyl (C=O) groups excluding carboxylic acids is 2. The maximum absolute atomic E-state index is 13.4. The molecule has 4 rings (SSSR count). The molecule has 1 heterocycles. The van der Waals surface area contributed by atoms with Crippen LogP contribution in [0, 0.1) is 0 Å². The zero-order chi connectivity index (χ0) is 18.1. The number of nitrogens with one attached hydrogen (secondary N) is 1. The van der Waals surface area contributed by atoms with Gasteiger partial charge in [-0.05, 0) is 44.2 Å². The Morgan fingerprint density at radius 2 is 1.69 bits per heavy atom. The summed E-state index contributed by atoms with van der Waals surface area (Å²) < 4.78 is 0. The van der Waals surface area contributed by atoms with Gasteiger partial charge in [0.25, 0.3) is 5.91 Å². The SMILES string of the molecule is CC1(C(=O)NC2CCCCC2)Cc2ccccc2C(=O)N1C1CCCC1. The molecule has 0 bridgehead atoms. The number of rotatable bonds is 3. The number of benzene rings is 1. The van der Waals surface area contributed by atoms with E-state index in [9.17, 15) is 9.59 Å². The number of hydrogen-bond acceptors (Lipinski definition) is 2.